The highest BCUT2D eigenvalue weighted by Gasteiger charge is 1.91. The van der Waals surface area contributed by atoms with E-state index in [9.17, 15) is 0 Å². The third kappa shape index (κ3) is 3.14. The molecule has 0 aliphatic carbocycles. The highest BCUT2D eigenvalue weighted by atomic mass is 15.1. The fourth-order valence-corrected chi connectivity index (χ4v) is 1.42. The summed E-state index contributed by atoms with van der Waals surface area (Å²) in [4.78, 5) is 0. The number of nitrogens with one attached hydrogen (secondary N) is 1. The number of hydrogen-bond acceptors (Lipinski definition) is 3. The molecule has 2 aromatic rings. The van der Waals surface area contributed by atoms with E-state index in [1.807, 2.05) is 55.6 Å². The maximum Gasteiger partial charge on any atom is 0.0858 e. The average molecular weight is 225 g/mol. The van der Waals surface area contributed by atoms with Crippen LogP contribution in [0.3, 0.4) is 0 Å². The first-order valence-corrected chi connectivity index (χ1v) is 5.54. The van der Waals surface area contributed by atoms with Crippen molar-refractivity contribution in [3.63, 3.8) is 0 Å². The Balaban J connectivity index is 2.11. The summed E-state index contributed by atoms with van der Waals surface area (Å²) in [5, 5.41) is 11.4. The van der Waals surface area contributed by atoms with Crippen LogP contribution in [-0.4, -0.2) is 7.05 Å². The van der Waals surface area contributed by atoms with Crippen molar-refractivity contribution < 1.29 is 0 Å². The zero-order chi connectivity index (χ0) is 12.1. The van der Waals surface area contributed by atoms with E-state index < -0.39 is 0 Å². The monoisotopic (exact) mass is 225 g/mol. The highest BCUT2D eigenvalue weighted by molar-refractivity contribution is 5.50. The standard InChI is InChI=1S/C14H15N3/c1-11-3-5-13(6-4-11)16-17-14-9-7-12(15-2)8-10-14/h3-10,15H,1-2H3/b17-16+. The molecule has 0 bridgehead atoms. The molecule has 0 saturated heterocycles. The molecular weight excluding hydrogens is 210 g/mol. The van der Waals surface area contributed by atoms with Crippen molar-refractivity contribution in [3.05, 3.63) is 54.1 Å². The van der Waals surface area contributed by atoms with Gasteiger partial charge in [-0.25, -0.2) is 0 Å². The van der Waals surface area contributed by atoms with Gasteiger partial charge in [-0.05, 0) is 43.3 Å². The Morgan fingerprint density at radius 2 is 1.24 bits per heavy atom. The van der Waals surface area contributed by atoms with Crippen molar-refractivity contribution in [2.75, 3.05) is 12.4 Å². The normalized spacial score (nSPS) is 10.7. The summed E-state index contributed by atoms with van der Waals surface area (Å²) in [6.07, 6.45) is 0. The summed E-state index contributed by atoms with van der Waals surface area (Å²) in [5.41, 5.74) is 4.01. The molecule has 2 aromatic carbocycles. The fraction of sp³-hybridized carbons (Fsp3) is 0.143. The Labute approximate surface area is 101 Å². The van der Waals surface area contributed by atoms with Gasteiger partial charge < -0.3 is 5.32 Å². The zero-order valence-corrected chi connectivity index (χ0v) is 10.0. The number of anilines is 1. The third-order valence-electron chi connectivity index (χ3n) is 2.47. The second-order valence-corrected chi connectivity index (χ2v) is 3.83. The SMILES string of the molecule is CNc1ccc(/N=N/c2ccc(C)cc2)cc1. The molecule has 0 fully saturated rings. The molecule has 0 saturated carbocycles. The summed E-state index contributed by atoms with van der Waals surface area (Å²) >= 11 is 0. The van der Waals surface area contributed by atoms with Crippen LogP contribution in [0.1, 0.15) is 5.56 Å². The van der Waals surface area contributed by atoms with Gasteiger partial charge in [0.05, 0.1) is 11.4 Å². The Kier molecular flexibility index (Phi) is 3.50. The molecule has 0 unspecified atom stereocenters. The minimum atomic E-state index is 0.851. The van der Waals surface area contributed by atoms with E-state index in [2.05, 4.69) is 22.5 Å². The molecule has 0 aliphatic heterocycles. The van der Waals surface area contributed by atoms with Gasteiger partial charge >= 0.3 is 0 Å². The minimum absolute atomic E-state index is 0.851. The van der Waals surface area contributed by atoms with Crippen molar-refractivity contribution in [3.8, 4) is 0 Å². The van der Waals surface area contributed by atoms with Crippen LogP contribution >= 0.6 is 0 Å². The molecule has 0 amide bonds. The molecule has 2 rings (SSSR count). The topological polar surface area (TPSA) is 36.8 Å². The molecule has 0 radical (unpaired) electrons. The van der Waals surface area contributed by atoms with Crippen LogP contribution < -0.4 is 5.32 Å². The largest absolute Gasteiger partial charge is 0.388 e. The Hall–Kier alpha value is -2.16. The predicted molar refractivity (Wildman–Crippen MR) is 71.3 cm³/mol. The van der Waals surface area contributed by atoms with Gasteiger partial charge in [-0.2, -0.15) is 10.2 Å². The fourth-order valence-electron chi connectivity index (χ4n) is 1.42. The lowest BCUT2D eigenvalue weighted by Gasteiger charge is -1.98. The lowest BCUT2D eigenvalue weighted by Crippen LogP contribution is -1.84. The summed E-state index contributed by atoms with van der Waals surface area (Å²) in [7, 11) is 1.89. The van der Waals surface area contributed by atoms with E-state index >= 15 is 0 Å². The predicted octanol–water partition coefficient (Wildman–Crippen LogP) is 4.45. The maximum atomic E-state index is 4.18. The number of aryl methyl sites for hydroxylation is 1. The summed E-state index contributed by atoms with van der Waals surface area (Å²) in [6.45, 7) is 2.05. The molecule has 0 atom stereocenters. The van der Waals surface area contributed by atoms with E-state index in [0.717, 1.165) is 17.1 Å². The van der Waals surface area contributed by atoms with E-state index in [1.54, 1.807) is 0 Å². The van der Waals surface area contributed by atoms with E-state index in [0.29, 0.717) is 0 Å². The lowest BCUT2D eigenvalue weighted by molar-refractivity contribution is 1.23. The van der Waals surface area contributed by atoms with Crippen LogP contribution in [-0.2, 0) is 0 Å². The molecule has 0 heterocycles. The second-order valence-electron chi connectivity index (χ2n) is 3.83. The van der Waals surface area contributed by atoms with Crippen LogP contribution in [0.5, 0.6) is 0 Å². The Bertz CT molecular complexity index is 498. The minimum Gasteiger partial charge on any atom is -0.388 e. The zero-order valence-electron chi connectivity index (χ0n) is 10.0. The Morgan fingerprint density at radius 1 is 0.765 bits per heavy atom. The highest BCUT2D eigenvalue weighted by Crippen LogP contribution is 2.20. The van der Waals surface area contributed by atoms with Crippen molar-refractivity contribution in [1.29, 1.82) is 0 Å². The quantitative estimate of drug-likeness (QED) is 0.769. The van der Waals surface area contributed by atoms with Crippen molar-refractivity contribution in [2.45, 2.75) is 6.92 Å². The van der Waals surface area contributed by atoms with Gasteiger partial charge in [0.25, 0.3) is 0 Å². The number of rotatable bonds is 3. The maximum absolute atomic E-state index is 4.18. The second kappa shape index (κ2) is 5.25. The van der Waals surface area contributed by atoms with Gasteiger partial charge in [-0.15, -0.1) is 0 Å². The molecule has 0 spiro atoms. The van der Waals surface area contributed by atoms with Crippen LogP contribution in [0, 0.1) is 6.92 Å². The van der Waals surface area contributed by atoms with E-state index in [1.165, 1.54) is 5.56 Å². The van der Waals surface area contributed by atoms with Gasteiger partial charge in [0.2, 0.25) is 0 Å². The van der Waals surface area contributed by atoms with Crippen molar-refractivity contribution in [2.24, 2.45) is 10.2 Å². The Morgan fingerprint density at radius 3 is 1.71 bits per heavy atom. The van der Waals surface area contributed by atoms with Gasteiger partial charge in [-0.1, -0.05) is 17.7 Å². The van der Waals surface area contributed by atoms with Gasteiger partial charge in [0.1, 0.15) is 0 Å². The van der Waals surface area contributed by atoms with Gasteiger partial charge in [0, 0.05) is 12.7 Å². The molecule has 3 heteroatoms. The van der Waals surface area contributed by atoms with Crippen LogP contribution in [0.4, 0.5) is 17.1 Å². The van der Waals surface area contributed by atoms with Crippen LogP contribution in [0.25, 0.3) is 0 Å². The lowest BCUT2D eigenvalue weighted by atomic mass is 10.2. The first-order chi connectivity index (χ1) is 8.28. The average Bonchev–Trinajstić information content (AvgIpc) is 2.39. The number of hydrogen-bond donors (Lipinski definition) is 1. The molecule has 1 N–H and O–H groups in total. The number of benzene rings is 2. The molecule has 3 nitrogen and oxygen atoms in total. The van der Waals surface area contributed by atoms with Crippen molar-refractivity contribution in [1.82, 2.24) is 0 Å². The molecule has 0 aromatic heterocycles. The summed E-state index contributed by atoms with van der Waals surface area (Å²) in [5.74, 6) is 0. The van der Waals surface area contributed by atoms with E-state index in [4.69, 9.17) is 0 Å². The van der Waals surface area contributed by atoms with Crippen LogP contribution in [0.15, 0.2) is 58.8 Å². The summed E-state index contributed by atoms with van der Waals surface area (Å²) in [6, 6.07) is 15.8. The van der Waals surface area contributed by atoms with Crippen molar-refractivity contribution >= 4 is 17.1 Å². The smallest absolute Gasteiger partial charge is 0.0858 e. The van der Waals surface area contributed by atoms with E-state index in [-0.39, 0.29) is 0 Å². The number of azo groups is 1. The van der Waals surface area contributed by atoms with Crippen LogP contribution in [0.2, 0.25) is 0 Å². The molecule has 17 heavy (non-hydrogen) atoms. The first-order valence-electron chi connectivity index (χ1n) is 5.54. The first kappa shape index (κ1) is 11.3. The summed E-state index contributed by atoms with van der Waals surface area (Å²) < 4.78 is 0. The van der Waals surface area contributed by atoms with Gasteiger partial charge in [-0.3, -0.25) is 0 Å². The number of nitrogens with zero attached hydrogens (tertiary/aromatic N) is 2. The molecule has 0 aliphatic rings. The molecule has 86 valence electrons. The molecular formula is C14H15N3. The van der Waals surface area contributed by atoms with Gasteiger partial charge in [0.15, 0.2) is 0 Å². The third-order valence-corrected chi connectivity index (χ3v) is 2.47.